The van der Waals surface area contributed by atoms with Crippen LogP contribution in [0.5, 0.6) is 5.75 Å². The molecule has 4 heteroatoms. The second kappa shape index (κ2) is 7.29. The molecule has 20 heavy (non-hydrogen) atoms. The van der Waals surface area contributed by atoms with E-state index in [2.05, 4.69) is 25.2 Å². The topological polar surface area (TPSA) is 41.6 Å². The van der Waals surface area contributed by atoms with Crippen LogP contribution in [0.25, 0.3) is 0 Å². The number of benzene rings is 1. The molecular formula is C16H24N2O2. The lowest BCUT2D eigenvalue weighted by Gasteiger charge is -2.27. The van der Waals surface area contributed by atoms with Gasteiger partial charge in [0.15, 0.2) is 0 Å². The fourth-order valence-electron chi connectivity index (χ4n) is 2.29. The van der Waals surface area contributed by atoms with Gasteiger partial charge in [-0.3, -0.25) is 4.79 Å². The summed E-state index contributed by atoms with van der Waals surface area (Å²) in [7, 11) is 0. The maximum atomic E-state index is 12.0. The van der Waals surface area contributed by atoms with E-state index in [1.54, 1.807) is 0 Å². The smallest absolute Gasteiger partial charge is 0.222 e. The molecule has 4 nitrogen and oxygen atoms in total. The van der Waals surface area contributed by atoms with Gasteiger partial charge in [-0.25, -0.2) is 0 Å². The number of hydrogen-bond donors (Lipinski definition) is 1. The summed E-state index contributed by atoms with van der Waals surface area (Å²) in [4.78, 5) is 13.9. The van der Waals surface area contributed by atoms with Gasteiger partial charge in [0.05, 0.1) is 6.61 Å². The van der Waals surface area contributed by atoms with E-state index in [0.717, 1.165) is 38.3 Å². The van der Waals surface area contributed by atoms with Gasteiger partial charge < -0.3 is 15.0 Å². The van der Waals surface area contributed by atoms with Crippen LogP contribution >= 0.6 is 0 Å². The van der Waals surface area contributed by atoms with Gasteiger partial charge in [0.25, 0.3) is 0 Å². The number of ether oxygens (including phenoxy) is 1. The highest BCUT2D eigenvalue weighted by atomic mass is 16.5. The van der Waals surface area contributed by atoms with Crippen molar-refractivity contribution in [3.05, 3.63) is 29.3 Å². The summed E-state index contributed by atoms with van der Waals surface area (Å²) < 4.78 is 5.70. The molecule has 110 valence electrons. The first-order valence-electron chi connectivity index (χ1n) is 7.35. The van der Waals surface area contributed by atoms with Crippen molar-refractivity contribution in [2.45, 2.75) is 26.7 Å². The van der Waals surface area contributed by atoms with Crippen LogP contribution in [0.1, 0.15) is 24.0 Å². The lowest BCUT2D eigenvalue weighted by molar-refractivity contribution is -0.132. The molecule has 0 spiro atoms. The number of carbonyl (C=O) groups excluding carboxylic acids is 1. The molecule has 1 aromatic rings. The van der Waals surface area contributed by atoms with Gasteiger partial charge in [0.1, 0.15) is 5.75 Å². The Hall–Kier alpha value is -1.55. The quantitative estimate of drug-likeness (QED) is 0.835. The Labute approximate surface area is 121 Å². The zero-order valence-electron chi connectivity index (χ0n) is 12.4. The van der Waals surface area contributed by atoms with Crippen molar-refractivity contribution in [2.75, 3.05) is 32.8 Å². The molecule has 1 heterocycles. The Bertz CT molecular complexity index is 454. The molecule has 0 radical (unpaired) electrons. The Morgan fingerprint density at radius 3 is 2.70 bits per heavy atom. The van der Waals surface area contributed by atoms with Crippen molar-refractivity contribution in [3.8, 4) is 5.75 Å². The van der Waals surface area contributed by atoms with Crippen LogP contribution in [0.15, 0.2) is 18.2 Å². The third-order valence-corrected chi connectivity index (χ3v) is 3.75. The summed E-state index contributed by atoms with van der Waals surface area (Å²) in [6.07, 6.45) is 1.35. The first-order valence-corrected chi connectivity index (χ1v) is 7.35. The predicted octanol–water partition coefficient (Wildman–Crippen LogP) is 1.89. The van der Waals surface area contributed by atoms with Gasteiger partial charge in [0, 0.05) is 32.6 Å². The zero-order valence-corrected chi connectivity index (χ0v) is 12.4. The van der Waals surface area contributed by atoms with Crippen LogP contribution in [-0.4, -0.2) is 43.6 Å². The number of carbonyl (C=O) groups is 1. The molecule has 0 aromatic heterocycles. The third kappa shape index (κ3) is 4.23. The molecule has 0 aliphatic carbocycles. The Morgan fingerprint density at radius 1 is 1.25 bits per heavy atom. The summed E-state index contributed by atoms with van der Waals surface area (Å²) in [5.41, 5.74) is 2.51. The fraction of sp³-hybridized carbons (Fsp3) is 0.562. The van der Waals surface area contributed by atoms with Crippen molar-refractivity contribution < 1.29 is 9.53 Å². The Balaban J connectivity index is 1.68. The Morgan fingerprint density at radius 2 is 2.00 bits per heavy atom. The molecule has 1 aliphatic heterocycles. The molecular weight excluding hydrogens is 252 g/mol. The van der Waals surface area contributed by atoms with Crippen LogP contribution in [0.2, 0.25) is 0 Å². The van der Waals surface area contributed by atoms with Crippen molar-refractivity contribution in [3.63, 3.8) is 0 Å². The van der Waals surface area contributed by atoms with Crippen LogP contribution in [0, 0.1) is 13.8 Å². The van der Waals surface area contributed by atoms with Gasteiger partial charge in [-0.05, 0) is 43.5 Å². The second-order valence-electron chi connectivity index (χ2n) is 5.33. The van der Waals surface area contributed by atoms with E-state index in [-0.39, 0.29) is 5.91 Å². The largest absolute Gasteiger partial charge is 0.494 e. The average molecular weight is 276 g/mol. The minimum Gasteiger partial charge on any atom is -0.494 e. The molecule has 1 saturated heterocycles. The van der Waals surface area contributed by atoms with E-state index < -0.39 is 0 Å². The number of nitrogens with zero attached hydrogens (tertiary/aromatic N) is 1. The van der Waals surface area contributed by atoms with Crippen molar-refractivity contribution in [1.82, 2.24) is 10.2 Å². The number of piperazine rings is 1. The third-order valence-electron chi connectivity index (χ3n) is 3.75. The minimum absolute atomic E-state index is 0.246. The zero-order chi connectivity index (χ0) is 14.4. The highest BCUT2D eigenvalue weighted by Crippen LogP contribution is 2.16. The van der Waals surface area contributed by atoms with E-state index in [1.807, 2.05) is 17.0 Å². The molecule has 1 aromatic carbocycles. The van der Waals surface area contributed by atoms with E-state index in [4.69, 9.17) is 4.74 Å². The fourth-order valence-corrected chi connectivity index (χ4v) is 2.29. The molecule has 1 aliphatic rings. The number of amides is 1. The number of rotatable bonds is 5. The monoisotopic (exact) mass is 276 g/mol. The van der Waals surface area contributed by atoms with Gasteiger partial charge in [-0.2, -0.15) is 0 Å². The highest BCUT2D eigenvalue weighted by molar-refractivity contribution is 5.76. The summed E-state index contributed by atoms with van der Waals surface area (Å²) in [5, 5.41) is 3.25. The number of aryl methyl sites for hydroxylation is 2. The number of nitrogens with one attached hydrogen (secondary N) is 1. The van der Waals surface area contributed by atoms with Crippen LogP contribution in [0.4, 0.5) is 0 Å². The van der Waals surface area contributed by atoms with E-state index in [0.29, 0.717) is 13.0 Å². The van der Waals surface area contributed by atoms with Gasteiger partial charge in [-0.1, -0.05) is 6.07 Å². The van der Waals surface area contributed by atoms with Crippen molar-refractivity contribution >= 4 is 5.91 Å². The van der Waals surface area contributed by atoms with Gasteiger partial charge >= 0.3 is 0 Å². The summed E-state index contributed by atoms with van der Waals surface area (Å²) in [5.74, 6) is 1.14. The molecule has 1 amide bonds. The summed E-state index contributed by atoms with van der Waals surface area (Å²) in [6, 6.07) is 6.10. The number of hydrogen-bond acceptors (Lipinski definition) is 3. The lowest BCUT2D eigenvalue weighted by atomic mass is 10.1. The normalized spacial score (nSPS) is 15.2. The van der Waals surface area contributed by atoms with Gasteiger partial charge in [0.2, 0.25) is 5.91 Å². The van der Waals surface area contributed by atoms with E-state index >= 15 is 0 Å². The van der Waals surface area contributed by atoms with Crippen LogP contribution < -0.4 is 10.1 Å². The lowest BCUT2D eigenvalue weighted by Crippen LogP contribution is -2.46. The SMILES string of the molecule is Cc1ccc(OCCCC(=O)N2CCNCC2)cc1C. The highest BCUT2D eigenvalue weighted by Gasteiger charge is 2.15. The van der Waals surface area contributed by atoms with Gasteiger partial charge in [-0.15, -0.1) is 0 Å². The molecule has 0 unspecified atom stereocenters. The van der Waals surface area contributed by atoms with Crippen molar-refractivity contribution in [1.29, 1.82) is 0 Å². The molecule has 0 atom stereocenters. The summed E-state index contributed by atoms with van der Waals surface area (Å²) >= 11 is 0. The molecule has 2 rings (SSSR count). The van der Waals surface area contributed by atoms with Crippen molar-refractivity contribution in [2.24, 2.45) is 0 Å². The molecule has 1 fully saturated rings. The van der Waals surface area contributed by atoms with Crippen LogP contribution in [-0.2, 0) is 4.79 Å². The molecule has 0 saturated carbocycles. The summed E-state index contributed by atoms with van der Waals surface area (Å²) in [6.45, 7) is 8.24. The molecule has 0 bridgehead atoms. The predicted molar refractivity (Wildman–Crippen MR) is 80.1 cm³/mol. The maximum Gasteiger partial charge on any atom is 0.222 e. The average Bonchev–Trinajstić information content (AvgIpc) is 2.48. The first kappa shape index (κ1) is 14.9. The van der Waals surface area contributed by atoms with Crippen LogP contribution in [0.3, 0.4) is 0 Å². The minimum atomic E-state index is 0.246. The maximum absolute atomic E-state index is 12.0. The molecule has 1 N–H and O–H groups in total. The van der Waals surface area contributed by atoms with E-state index in [1.165, 1.54) is 11.1 Å². The Kier molecular flexibility index (Phi) is 5.41. The second-order valence-corrected chi connectivity index (χ2v) is 5.33. The standard InChI is InChI=1S/C16H24N2O2/c1-13-5-6-15(12-14(13)2)20-11-3-4-16(19)18-9-7-17-8-10-18/h5-6,12,17H,3-4,7-11H2,1-2H3. The first-order chi connectivity index (χ1) is 9.66. The van der Waals surface area contributed by atoms with E-state index in [9.17, 15) is 4.79 Å².